The molecule has 0 aliphatic heterocycles. The van der Waals surface area contributed by atoms with Gasteiger partial charge in [0.15, 0.2) is 11.4 Å². The molecule has 3 aliphatic carbocycles. The molecule has 0 radical (unpaired) electrons. The Hall–Kier alpha value is -4.57. The third kappa shape index (κ3) is 4.61. The molecule has 1 aromatic heterocycles. The number of phenols is 1. The number of nitrogens with zero attached hydrogens (tertiary/aromatic N) is 3. The quantitative estimate of drug-likeness (QED) is 0.142. The largest absolute Gasteiger partial charge is 0.508 e. The van der Waals surface area contributed by atoms with Crippen LogP contribution in [0.4, 0.5) is 5.69 Å². The van der Waals surface area contributed by atoms with Crippen LogP contribution in [0.15, 0.2) is 41.4 Å². The van der Waals surface area contributed by atoms with Crippen molar-refractivity contribution in [1.29, 1.82) is 0 Å². The van der Waals surface area contributed by atoms with Crippen molar-refractivity contribution >= 4 is 34.8 Å². The number of imidazole rings is 1. The van der Waals surface area contributed by atoms with Crippen molar-refractivity contribution in [3.8, 4) is 5.75 Å². The molecule has 0 spiro atoms. The van der Waals surface area contributed by atoms with Crippen molar-refractivity contribution in [2.45, 2.75) is 50.1 Å². The lowest BCUT2D eigenvalue weighted by Crippen LogP contribution is -2.70. The number of carbonyl (C=O) groups is 4. The smallest absolute Gasteiger partial charge is 0.255 e. The monoisotopic (exact) mass is 624 g/mol. The molecule has 240 valence electrons. The van der Waals surface area contributed by atoms with Crippen LogP contribution in [0.25, 0.3) is 5.76 Å². The number of Topliss-reactive ketones (excluding diaryl/α,β-unsaturated/α-hetero) is 2. The Labute approximate surface area is 257 Å². The van der Waals surface area contributed by atoms with E-state index in [1.165, 1.54) is 31.1 Å². The van der Waals surface area contributed by atoms with Gasteiger partial charge < -0.3 is 41.2 Å². The highest BCUT2D eigenvalue weighted by Crippen LogP contribution is 2.56. The van der Waals surface area contributed by atoms with Crippen LogP contribution in [0, 0.1) is 11.8 Å². The van der Waals surface area contributed by atoms with E-state index in [0.717, 1.165) is 0 Å². The molecule has 1 fully saturated rings. The second kappa shape index (κ2) is 11.1. The number of anilines is 1. The van der Waals surface area contributed by atoms with Gasteiger partial charge in [-0.1, -0.05) is 13.0 Å². The van der Waals surface area contributed by atoms with Gasteiger partial charge in [-0.2, -0.15) is 0 Å². The Morgan fingerprint density at radius 2 is 1.87 bits per heavy atom. The molecule has 7 atom stereocenters. The zero-order chi connectivity index (χ0) is 33.3. The summed E-state index contributed by atoms with van der Waals surface area (Å²) < 4.78 is 1.79. The summed E-state index contributed by atoms with van der Waals surface area (Å²) in [6.45, 7) is 3.51. The molecular formula is C30H36N6O9. The molecule has 0 saturated heterocycles. The number of hydrogen-bond donors (Lipinski definition) is 8. The lowest BCUT2D eigenvalue weighted by atomic mass is 9.54. The maximum atomic E-state index is 14.1. The summed E-state index contributed by atoms with van der Waals surface area (Å²) >= 11 is 0. The molecule has 45 heavy (non-hydrogen) atoms. The van der Waals surface area contributed by atoms with Crippen molar-refractivity contribution in [3.05, 3.63) is 58.4 Å². The number of likely N-dealkylation sites (N-methyl/N-ethyl adjacent to an activating group) is 1. The van der Waals surface area contributed by atoms with Crippen LogP contribution < -0.4 is 16.4 Å². The lowest BCUT2D eigenvalue weighted by molar-refractivity contribution is -0.169. The van der Waals surface area contributed by atoms with Crippen molar-refractivity contribution < 1.29 is 44.7 Å². The SMILES string of the molecule is CC(NCc1nccn1C)C(=O)Nc1ccc2c(c1O)C(O)=C1C(=O)C3(O)C(O)=C(C(N)=O)C(=O)[C@@H](N(C)C)C3C(O)C1C2C. The van der Waals surface area contributed by atoms with Crippen LogP contribution in [-0.2, 0) is 32.8 Å². The van der Waals surface area contributed by atoms with Crippen LogP contribution in [0.5, 0.6) is 5.75 Å². The number of carbonyl (C=O) groups excluding carboxylic acids is 4. The molecule has 6 unspecified atom stereocenters. The fourth-order valence-electron chi connectivity index (χ4n) is 6.86. The van der Waals surface area contributed by atoms with E-state index in [0.29, 0.717) is 11.4 Å². The number of nitrogens with one attached hydrogen (secondary N) is 2. The van der Waals surface area contributed by atoms with Crippen LogP contribution in [0.1, 0.15) is 36.7 Å². The van der Waals surface area contributed by atoms with E-state index in [4.69, 9.17) is 5.73 Å². The molecule has 15 heteroatoms. The number of fused-ring (bicyclic) bond motifs is 3. The zero-order valence-electron chi connectivity index (χ0n) is 25.3. The first-order valence-corrected chi connectivity index (χ1v) is 14.2. The van der Waals surface area contributed by atoms with Gasteiger partial charge in [0.2, 0.25) is 11.7 Å². The third-order valence-corrected chi connectivity index (χ3v) is 9.27. The Balaban J connectivity index is 1.56. The van der Waals surface area contributed by atoms with E-state index in [9.17, 15) is 44.7 Å². The molecule has 5 rings (SSSR count). The van der Waals surface area contributed by atoms with E-state index >= 15 is 0 Å². The highest BCUT2D eigenvalue weighted by atomic mass is 16.4. The maximum absolute atomic E-state index is 14.1. The van der Waals surface area contributed by atoms with Gasteiger partial charge in [0.1, 0.15) is 28.7 Å². The Morgan fingerprint density at radius 3 is 2.44 bits per heavy atom. The number of aryl methyl sites for hydroxylation is 1. The summed E-state index contributed by atoms with van der Waals surface area (Å²) in [6, 6.07) is 0.759. The van der Waals surface area contributed by atoms with Gasteiger partial charge in [0.25, 0.3) is 5.91 Å². The van der Waals surface area contributed by atoms with Gasteiger partial charge in [0, 0.05) is 30.9 Å². The average Bonchev–Trinajstić information content (AvgIpc) is 3.38. The molecule has 2 amide bonds. The first-order chi connectivity index (χ1) is 21.0. The van der Waals surface area contributed by atoms with Crippen LogP contribution in [0.3, 0.4) is 0 Å². The van der Waals surface area contributed by atoms with E-state index in [1.54, 1.807) is 30.8 Å². The topological polar surface area (TPSA) is 241 Å². The Morgan fingerprint density at radius 1 is 1.20 bits per heavy atom. The van der Waals surface area contributed by atoms with Crippen molar-refractivity contribution in [3.63, 3.8) is 0 Å². The number of primary amides is 1. The summed E-state index contributed by atoms with van der Waals surface area (Å²) in [4.78, 5) is 58.0. The van der Waals surface area contributed by atoms with Gasteiger partial charge in [-0.25, -0.2) is 4.98 Å². The third-order valence-electron chi connectivity index (χ3n) is 9.27. The lowest BCUT2D eigenvalue weighted by Gasteiger charge is -2.53. The molecule has 0 bridgehead atoms. The molecule has 2 aromatic rings. The second-order valence-corrected chi connectivity index (χ2v) is 12.0. The first-order valence-electron chi connectivity index (χ1n) is 14.2. The van der Waals surface area contributed by atoms with Gasteiger partial charge in [0.05, 0.1) is 41.9 Å². The number of amides is 2. The van der Waals surface area contributed by atoms with Gasteiger partial charge in [-0.15, -0.1) is 0 Å². The standard InChI is InChI=1S/C30H36N6O9/c1-11-13-6-7-14(34-29(44)12(2)33-10-15-32-8-9-36(15)5)22(37)17(13)23(38)18-16(11)24(39)20-21(35(3)4)25(40)19(28(31)43)27(42)30(20,45)26(18)41/h6-9,11-12,16,20-21,24,33,37-39,42,45H,10H2,1-5H3,(H2,31,43)(H,34,44)/t11?,12?,16?,20?,21-,24?,30?/m0/s1. The summed E-state index contributed by atoms with van der Waals surface area (Å²) in [7, 11) is 4.68. The number of aliphatic hydroxyl groups excluding tert-OH is 3. The molecule has 3 aliphatic rings. The number of nitrogens with two attached hydrogens (primary N) is 1. The van der Waals surface area contributed by atoms with Crippen LogP contribution in [0.2, 0.25) is 0 Å². The first kappa shape index (κ1) is 31.8. The van der Waals surface area contributed by atoms with Gasteiger partial charge in [-0.3, -0.25) is 29.4 Å². The van der Waals surface area contributed by atoms with E-state index in [2.05, 4.69) is 15.6 Å². The highest BCUT2D eigenvalue weighted by molar-refractivity contribution is 6.24. The zero-order valence-corrected chi connectivity index (χ0v) is 25.3. The van der Waals surface area contributed by atoms with E-state index in [1.807, 2.05) is 7.05 Å². The number of phenolic OH excluding ortho intramolecular Hbond substituents is 1. The van der Waals surface area contributed by atoms with Crippen molar-refractivity contribution in [2.75, 3.05) is 19.4 Å². The number of ketones is 2. The predicted molar refractivity (Wildman–Crippen MR) is 158 cm³/mol. The summed E-state index contributed by atoms with van der Waals surface area (Å²) in [5, 5.41) is 62.9. The second-order valence-electron chi connectivity index (χ2n) is 12.0. The fraction of sp³-hybridized carbons (Fsp3) is 0.433. The summed E-state index contributed by atoms with van der Waals surface area (Å²) in [5.74, 6) is -9.77. The highest BCUT2D eigenvalue weighted by Gasteiger charge is 2.68. The summed E-state index contributed by atoms with van der Waals surface area (Å²) in [5.41, 5.74) is 0.823. The predicted octanol–water partition coefficient (Wildman–Crippen LogP) is -0.654. The minimum absolute atomic E-state index is 0.0859. The minimum atomic E-state index is -3.01. The normalized spacial score (nSPS) is 28.5. The van der Waals surface area contributed by atoms with E-state index in [-0.39, 0.29) is 17.8 Å². The van der Waals surface area contributed by atoms with Crippen molar-refractivity contribution in [1.82, 2.24) is 19.8 Å². The molecular weight excluding hydrogens is 588 g/mol. The molecule has 1 saturated carbocycles. The molecule has 1 aromatic carbocycles. The Kier molecular flexibility index (Phi) is 7.85. The fourth-order valence-corrected chi connectivity index (χ4v) is 6.86. The summed E-state index contributed by atoms with van der Waals surface area (Å²) in [6.07, 6.45) is 1.68. The molecule has 15 nitrogen and oxygen atoms in total. The molecule has 9 N–H and O–H groups in total. The van der Waals surface area contributed by atoms with Gasteiger partial charge in [-0.05, 0) is 38.6 Å². The van der Waals surface area contributed by atoms with Gasteiger partial charge >= 0.3 is 0 Å². The Bertz CT molecular complexity index is 1690. The van der Waals surface area contributed by atoms with Crippen molar-refractivity contribution in [2.24, 2.45) is 24.6 Å². The molecule has 1 heterocycles. The minimum Gasteiger partial charge on any atom is -0.508 e. The number of aromatic hydroxyl groups is 1. The van der Waals surface area contributed by atoms with Crippen LogP contribution >= 0.6 is 0 Å². The number of rotatable bonds is 7. The van der Waals surface area contributed by atoms with Crippen LogP contribution in [-0.4, -0.2) is 101 Å². The number of aliphatic hydroxyl groups is 4. The number of hydrogen-bond acceptors (Lipinski definition) is 12. The number of aromatic nitrogens is 2. The van der Waals surface area contributed by atoms with E-state index < -0.39 is 93.3 Å². The average molecular weight is 625 g/mol. The maximum Gasteiger partial charge on any atom is 0.255 e. The number of benzene rings is 1.